The summed E-state index contributed by atoms with van der Waals surface area (Å²) in [6.07, 6.45) is 0. The van der Waals surface area contributed by atoms with Gasteiger partial charge in [0.05, 0.1) is 28.5 Å². The number of nitriles is 2. The Hall–Kier alpha value is -6.06. The van der Waals surface area contributed by atoms with E-state index in [2.05, 4.69) is 170 Å². The Morgan fingerprint density at radius 3 is 1.40 bits per heavy atom. The fourth-order valence-electron chi connectivity index (χ4n) is 9.28. The monoisotopic (exact) mass is 746 g/mol. The molecule has 0 atom stereocenters. The van der Waals surface area contributed by atoms with Crippen LogP contribution in [0.1, 0.15) is 55.5 Å². The van der Waals surface area contributed by atoms with E-state index in [9.17, 15) is 10.5 Å². The van der Waals surface area contributed by atoms with Gasteiger partial charge in [0.15, 0.2) is 0 Å². The highest BCUT2D eigenvalue weighted by atomic mass is 32.2. The number of benzene rings is 6. The summed E-state index contributed by atoms with van der Waals surface area (Å²) < 4.78 is 0. The molecule has 2 aliphatic heterocycles. The van der Waals surface area contributed by atoms with Gasteiger partial charge in [0.25, 0.3) is 0 Å². The number of thioether (sulfide) groups is 2. The van der Waals surface area contributed by atoms with E-state index in [4.69, 9.17) is 9.97 Å². The normalized spacial score (nSPS) is 14.9. The van der Waals surface area contributed by atoms with Crippen molar-refractivity contribution in [2.24, 2.45) is 0 Å². The third-order valence-corrected chi connectivity index (χ3v) is 13.1. The second-order valence-electron chi connectivity index (χ2n) is 15.3. The first-order valence-electron chi connectivity index (χ1n) is 18.3. The van der Waals surface area contributed by atoms with Gasteiger partial charge in [-0.1, -0.05) is 113 Å². The van der Waals surface area contributed by atoms with Crippen molar-refractivity contribution in [3.63, 3.8) is 0 Å². The van der Waals surface area contributed by atoms with Crippen molar-refractivity contribution in [2.75, 3.05) is 9.80 Å². The van der Waals surface area contributed by atoms with E-state index in [1.165, 1.54) is 39.2 Å². The summed E-state index contributed by atoms with van der Waals surface area (Å²) in [5, 5.41) is 26.8. The van der Waals surface area contributed by atoms with Crippen LogP contribution in [0.3, 0.4) is 0 Å². The third kappa shape index (κ3) is 4.75. The fourth-order valence-corrected chi connectivity index (χ4v) is 10.2. The summed E-state index contributed by atoms with van der Waals surface area (Å²) in [6.45, 7) is 9.90. The number of thiocyanates is 2. The summed E-state index contributed by atoms with van der Waals surface area (Å²) >= 11 is 1.89. The molecule has 6 aromatic carbocycles. The molecule has 1 aliphatic carbocycles. The minimum atomic E-state index is -0.205. The molecule has 8 heteroatoms. The average Bonchev–Trinajstić information content (AvgIpc) is 3.51. The number of hydrogen-bond acceptors (Lipinski definition) is 8. The number of aromatic nitrogens is 2. The molecule has 0 N–H and O–H groups in total. The summed E-state index contributed by atoms with van der Waals surface area (Å²) in [7, 11) is 0. The van der Waals surface area contributed by atoms with Crippen molar-refractivity contribution in [3.8, 4) is 33.3 Å². The molecule has 0 bridgehead atoms. The first-order chi connectivity index (χ1) is 26.7. The number of para-hydroxylation sites is 4. The van der Waals surface area contributed by atoms with Crippen LogP contribution in [-0.2, 0) is 17.4 Å². The Bertz CT molecular complexity index is 2720. The van der Waals surface area contributed by atoms with Gasteiger partial charge in [-0.2, -0.15) is 10.5 Å². The molecule has 0 unspecified atom stereocenters. The second kappa shape index (κ2) is 12.2. The van der Waals surface area contributed by atoms with Gasteiger partial charge in [-0.25, -0.2) is 9.97 Å². The number of hydrogen-bond donors (Lipinski definition) is 0. The molecule has 264 valence electrons. The van der Waals surface area contributed by atoms with E-state index < -0.39 is 0 Å². The zero-order valence-corrected chi connectivity index (χ0v) is 32.4. The highest BCUT2D eigenvalue weighted by Crippen LogP contribution is 2.57. The maximum atomic E-state index is 9.67. The Balaban J connectivity index is 1.28. The van der Waals surface area contributed by atoms with E-state index in [-0.39, 0.29) is 10.8 Å². The Labute approximate surface area is 329 Å². The Kier molecular flexibility index (Phi) is 7.45. The van der Waals surface area contributed by atoms with Gasteiger partial charge in [0, 0.05) is 74.2 Å². The predicted molar refractivity (Wildman–Crippen MR) is 225 cm³/mol. The minimum Gasteiger partial charge on any atom is -0.336 e. The van der Waals surface area contributed by atoms with Crippen molar-refractivity contribution in [3.05, 3.63) is 149 Å². The molecule has 0 fully saturated rings. The van der Waals surface area contributed by atoms with E-state index in [1.54, 1.807) is 0 Å². The van der Waals surface area contributed by atoms with Crippen LogP contribution >= 0.6 is 23.5 Å². The van der Waals surface area contributed by atoms with Crippen molar-refractivity contribution in [2.45, 2.75) is 55.1 Å². The highest BCUT2D eigenvalue weighted by molar-refractivity contribution is 8.06. The van der Waals surface area contributed by atoms with Gasteiger partial charge in [-0.15, -0.1) is 0 Å². The number of fused-ring (bicyclic) bond motifs is 7. The summed E-state index contributed by atoms with van der Waals surface area (Å²) in [4.78, 5) is 15.0. The maximum absolute atomic E-state index is 9.67. The lowest BCUT2D eigenvalue weighted by Gasteiger charge is -2.43. The van der Waals surface area contributed by atoms with Crippen LogP contribution in [0.25, 0.3) is 33.3 Å². The van der Waals surface area contributed by atoms with Crippen LogP contribution in [0.15, 0.2) is 131 Å². The lowest BCUT2D eigenvalue weighted by molar-refractivity contribution is 0.624. The number of anilines is 5. The smallest absolute Gasteiger partial charge is 0.145 e. The molecular formula is C47H34N6S2. The number of nitrogens with zero attached hydrogens (tertiary/aromatic N) is 6. The zero-order valence-electron chi connectivity index (χ0n) is 30.8. The van der Waals surface area contributed by atoms with Gasteiger partial charge in [-0.3, -0.25) is 0 Å². The third-order valence-electron chi connectivity index (χ3n) is 11.8. The van der Waals surface area contributed by atoms with Crippen molar-refractivity contribution in [1.82, 2.24) is 9.97 Å². The first kappa shape index (κ1) is 33.5. The first-order valence-corrected chi connectivity index (χ1v) is 20.0. The maximum Gasteiger partial charge on any atom is 0.145 e. The van der Waals surface area contributed by atoms with Crippen LogP contribution < -0.4 is 9.80 Å². The van der Waals surface area contributed by atoms with Crippen LogP contribution in [-0.4, -0.2) is 9.97 Å². The molecule has 3 heterocycles. The summed E-state index contributed by atoms with van der Waals surface area (Å²) in [5.74, 6) is 0. The van der Waals surface area contributed by atoms with Crippen molar-refractivity contribution >= 4 is 62.7 Å². The van der Waals surface area contributed by atoms with Crippen molar-refractivity contribution < 1.29 is 0 Å². The van der Waals surface area contributed by atoms with Crippen LogP contribution in [0.2, 0.25) is 0 Å². The van der Waals surface area contributed by atoms with E-state index in [0.29, 0.717) is 16.6 Å². The minimum absolute atomic E-state index is 0.165. The molecule has 0 saturated carbocycles. The molecule has 0 amide bonds. The van der Waals surface area contributed by atoms with Crippen LogP contribution in [0.4, 0.5) is 28.4 Å². The van der Waals surface area contributed by atoms with Gasteiger partial charge in [0.1, 0.15) is 20.9 Å². The number of rotatable bonds is 5. The van der Waals surface area contributed by atoms with Crippen molar-refractivity contribution in [1.29, 1.82) is 10.5 Å². The lowest BCUT2D eigenvalue weighted by atomic mass is 9.73. The molecule has 6 nitrogen and oxygen atoms in total. The molecular weight excluding hydrogens is 713 g/mol. The second-order valence-corrected chi connectivity index (χ2v) is 16.9. The molecule has 3 aliphatic rings. The van der Waals surface area contributed by atoms with Gasteiger partial charge in [0.2, 0.25) is 0 Å². The summed E-state index contributed by atoms with van der Waals surface area (Å²) in [6, 6.07) is 44.0. The van der Waals surface area contributed by atoms with Gasteiger partial charge >= 0.3 is 0 Å². The lowest BCUT2D eigenvalue weighted by Crippen LogP contribution is -2.32. The Morgan fingerprint density at radius 2 is 0.927 bits per heavy atom. The molecule has 55 heavy (non-hydrogen) atoms. The molecule has 0 spiro atoms. The molecule has 0 saturated heterocycles. The average molecular weight is 747 g/mol. The molecule has 0 radical (unpaired) electrons. The molecule has 10 rings (SSSR count). The van der Waals surface area contributed by atoms with E-state index >= 15 is 0 Å². The zero-order chi connectivity index (χ0) is 37.6. The largest absolute Gasteiger partial charge is 0.336 e. The Morgan fingerprint density at radius 1 is 0.509 bits per heavy atom. The fraction of sp³-hybridized carbons (Fsp3) is 0.149. The van der Waals surface area contributed by atoms with Crippen LogP contribution in [0, 0.1) is 21.3 Å². The predicted octanol–water partition coefficient (Wildman–Crippen LogP) is 12.5. The topological polar surface area (TPSA) is 79.8 Å². The van der Waals surface area contributed by atoms with Crippen LogP contribution in [0.5, 0.6) is 0 Å². The van der Waals surface area contributed by atoms with Gasteiger partial charge < -0.3 is 9.80 Å². The van der Waals surface area contributed by atoms with E-state index in [0.717, 1.165) is 73.9 Å². The van der Waals surface area contributed by atoms with E-state index in [1.807, 2.05) is 0 Å². The molecule has 1 aromatic heterocycles. The highest BCUT2D eigenvalue weighted by Gasteiger charge is 2.40. The van der Waals surface area contributed by atoms with Gasteiger partial charge in [-0.05, 0) is 64.2 Å². The summed E-state index contributed by atoms with van der Waals surface area (Å²) in [5.41, 5.74) is 15.2. The SMILES string of the molecule is CC1(C)c2ccccc2N(Cc2ccc3c4c(ccc(N5c6ccccc6C(C)(C)c6ccccc65)c24)-c2nc(SC#N)c(SC#N)nc2-3)c2ccccc21. The standard InChI is InChI=1S/C47H34N6S2/c1-46(2)31-13-5-9-17-35(31)52(36-18-10-6-14-32(36)46)25-28-21-22-29-41-30(43-42(29)50-44(54-26-48)45(51-43)55-27-49)23-24-39(40(28)41)53-37-19-11-7-15-33(37)47(3,4)34-16-8-12-20-38(34)53/h5-24H,25H2,1-4H3. The molecule has 7 aromatic rings. The quantitative estimate of drug-likeness (QED) is 0.127.